The first-order valence-corrected chi connectivity index (χ1v) is 9.06. The van der Waals surface area contributed by atoms with E-state index in [1.54, 1.807) is 17.5 Å². The summed E-state index contributed by atoms with van der Waals surface area (Å²) in [7, 11) is 0. The van der Waals surface area contributed by atoms with Crippen molar-refractivity contribution in [2.75, 3.05) is 19.7 Å². The van der Waals surface area contributed by atoms with Gasteiger partial charge in [0.05, 0.1) is 17.7 Å². The van der Waals surface area contributed by atoms with E-state index in [1.165, 1.54) is 0 Å². The number of hydrogen-bond donors (Lipinski definition) is 2. The van der Waals surface area contributed by atoms with Crippen molar-refractivity contribution >= 4 is 17.4 Å². The molecule has 1 fully saturated rings. The summed E-state index contributed by atoms with van der Waals surface area (Å²) >= 11 is 0. The van der Waals surface area contributed by atoms with Gasteiger partial charge in [0.15, 0.2) is 17.2 Å². The van der Waals surface area contributed by atoms with Gasteiger partial charge in [0.2, 0.25) is 0 Å². The Bertz CT molecular complexity index is 822. The molecule has 0 radical (unpaired) electrons. The molecule has 140 valence electrons. The molecule has 0 aromatic carbocycles. The molecule has 3 rings (SSSR count). The third kappa shape index (κ3) is 3.31. The van der Waals surface area contributed by atoms with Crippen molar-refractivity contribution in [1.82, 2.24) is 14.7 Å². The first-order chi connectivity index (χ1) is 12.5. The Morgan fingerprint density at radius 2 is 2.12 bits per heavy atom. The fourth-order valence-corrected chi connectivity index (χ4v) is 3.71. The topological polar surface area (TPSA) is 92.9 Å². The minimum Gasteiger partial charge on any atom is -0.490 e. The zero-order valence-corrected chi connectivity index (χ0v) is 15.2. The number of ether oxygens (including phenoxy) is 1. The summed E-state index contributed by atoms with van der Waals surface area (Å²) in [6.07, 6.45) is 3.44. The number of piperidine rings is 1. The van der Waals surface area contributed by atoms with Gasteiger partial charge in [-0.05, 0) is 58.3 Å². The maximum atomic E-state index is 12.9. The van der Waals surface area contributed by atoms with Gasteiger partial charge >= 0.3 is 5.97 Å². The number of aromatic nitrogens is 2. The summed E-state index contributed by atoms with van der Waals surface area (Å²) in [6, 6.07) is 3.65. The van der Waals surface area contributed by atoms with Crippen LogP contribution >= 0.6 is 0 Å². The number of carbonyl (C=O) groups is 2. The molecule has 0 unspecified atom stereocenters. The van der Waals surface area contributed by atoms with Gasteiger partial charge in [-0.15, -0.1) is 0 Å². The van der Waals surface area contributed by atoms with E-state index in [4.69, 9.17) is 4.74 Å². The molecular weight excluding hydrogens is 334 g/mol. The molecule has 1 aliphatic heterocycles. The molecule has 2 aromatic heterocycles. The summed E-state index contributed by atoms with van der Waals surface area (Å²) in [4.78, 5) is 29.2. The van der Waals surface area contributed by atoms with Gasteiger partial charge in [-0.2, -0.15) is 0 Å². The van der Waals surface area contributed by atoms with Crippen molar-refractivity contribution in [1.29, 1.82) is 0 Å². The molecule has 3 heterocycles. The second-order valence-electron chi connectivity index (χ2n) is 6.80. The lowest BCUT2D eigenvalue weighted by Gasteiger charge is -2.33. The van der Waals surface area contributed by atoms with E-state index >= 15 is 0 Å². The SMILES string of the molecule is CCOc1cccn2c(C(=O)CCC3(C(=O)O)CCNCC3)c(C)nc12. The summed E-state index contributed by atoms with van der Waals surface area (Å²) in [5, 5.41) is 12.9. The normalized spacial score (nSPS) is 16.5. The maximum Gasteiger partial charge on any atom is 0.309 e. The smallest absolute Gasteiger partial charge is 0.309 e. The zero-order chi connectivity index (χ0) is 18.7. The van der Waals surface area contributed by atoms with E-state index < -0.39 is 11.4 Å². The van der Waals surface area contributed by atoms with Crippen LogP contribution < -0.4 is 10.1 Å². The van der Waals surface area contributed by atoms with Crippen LogP contribution in [0, 0.1) is 12.3 Å². The van der Waals surface area contributed by atoms with Gasteiger partial charge in [0, 0.05) is 12.6 Å². The molecule has 0 amide bonds. The molecule has 0 bridgehead atoms. The minimum absolute atomic E-state index is 0.0807. The van der Waals surface area contributed by atoms with Gasteiger partial charge in [-0.3, -0.25) is 14.0 Å². The number of ketones is 1. The molecule has 2 N–H and O–H groups in total. The Kier molecular flexibility index (Phi) is 5.27. The van der Waals surface area contributed by atoms with E-state index in [0.29, 0.717) is 61.7 Å². The predicted molar refractivity (Wildman–Crippen MR) is 96.8 cm³/mol. The number of fused-ring (bicyclic) bond motifs is 1. The van der Waals surface area contributed by atoms with E-state index in [9.17, 15) is 14.7 Å². The number of imidazole rings is 1. The summed E-state index contributed by atoms with van der Waals surface area (Å²) in [5.74, 6) is -0.249. The number of hydrogen-bond acceptors (Lipinski definition) is 5. The molecule has 7 heteroatoms. The molecule has 0 saturated carbocycles. The second-order valence-corrected chi connectivity index (χ2v) is 6.80. The van der Waals surface area contributed by atoms with Crippen LogP contribution in [-0.2, 0) is 4.79 Å². The van der Waals surface area contributed by atoms with Gasteiger partial charge < -0.3 is 15.2 Å². The number of aryl methyl sites for hydroxylation is 1. The van der Waals surface area contributed by atoms with Crippen molar-refractivity contribution in [3.05, 3.63) is 29.7 Å². The summed E-state index contributed by atoms with van der Waals surface area (Å²) in [5.41, 5.74) is 0.948. The number of rotatable bonds is 7. The number of Topliss-reactive ketones (excluding diaryl/α,β-unsaturated/α-hetero) is 1. The number of carboxylic acid groups (broad SMARTS) is 1. The lowest BCUT2D eigenvalue weighted by molar-refractivity contribution is -0.151. The highest BCUT2D eigenvalue weighted by molar-refractivity contribution is 5.97. The van der Waals surface area contributed by atoms with Crippen LogP contribution in [0.5, 0.6) is 5.75 Å². The average molecular weight is 359 g/mol. The molecule has 0 aliphatic carbocycles. The number of carboxylic acids is 1. The fourth-order valence-electron chi connectivity index (χ4n) is 3.71. The Hall–Kier alpha value is -2.41. The summed E-state index contributed by atoms with van der Waals surface area (Å²) < 4.78 is 7.34. The van der Waals surface area contributed by atoms with E-state index in [1.807, 2.05) is 19.1 Å². The van der Waals surface area contributed by atoms with Crippen LogP contribution in [0.1, 0.15) is 48.8 Å². The second kappa shape index (κ2) is 7.45. The largest absolute Gasteiger partial charge is 0.490 e. The van der Waals surface area contributed by atoms with Crippen molar-refractivity contribution in [3.8, 4) is 5.75 Å². The van der Waals surface area contributed by atoms with Crippen LogP contribution in [0.3, 0.4) is 0 Å². The molecular formula is C19H25N3O4. The molecule has 7 nitrogen and oxygen atoms in total. The highest BCUT2D eigenvalue weighted by atomic mass is 16.5. The summed E-state index contributed by atoms with van der Waals surface area (Å²) in [6.45, 7) is 5.56. The number of nitrogens with one attached hydrogen (secondary N) is 1. The lowest BCUT2D eigenvalue weighted by atomic mass is 9.75. The van der Waals surface area contributed by atoms with Crippen molar-refractivity contribution < 1.29 is 19.4 Å². The Labute approximate surface area is 152 Å². The van der Waals surface area contributed by atoms with Crippen LogP contribution in [0.25, 0.3) is 5.65 Å². The van der Waals surface area contributed by atoms with Crippen LogP contribution in [0.2, 0.25) is 0 Å². The first kappa shape index (κ1) is 18.4. The van der Waals surface area contributed by atoms with Crippen molar-refractivity contribution in [2.24, 2.45) is 5.41 Å². The van der Waals surface area contributed by atoms with Crippen LogP contribution in [-0.4, -0.2) is 45.9 Å². The molecule has 0 atom stereocenters. The average Bonchev–Trinajstić information content (AvgIpc) is 2.97. The van der Waals surface area contributed by atoms with Gasteiger partial charge in [0.25, 0.3) is 0 Å². The standard InChI is InChI=1S/C19H25N3O4/c1-3-26-15-5-4-12-22-16(13(2)21-17(15)22)14(23)6-7-19(18(24)25)8-10-20-11-9-19/h4-5,12,20H,3,6-11H2,1-2H3,(H,24,25). The predicted octanol–water partition coefficient (Wildman–Crippen LogP) is 2.46. The van der Waals surface area contributed by atoms with Crippen molar-refractivity contribution in [3.63, 3.8) is 0 Å². The van der Waals surface area contributed by atoms with E-state index in [2.05, 4.69) is 10.3 Å². The molecule has 26 heavy (non-hydrogen) atoms. The van der Waals surface area contributed by atoms with E-state index in [0.717, 1.165) is 0 Å². The maximum absolute atomic E-state index is 12.9. The molecule has 0 spiro atoms. The van der Waals surface area contributed by atoms with Crippen molar-refractivity contribution in [2.45, 2.75) is 39.5 Å². The highest BCUT2D eigenvalue weighted by Crippen LogP contribution is 2.35. The number of aliphatic carboxylic acids is 1. The quantitative estimate of drug-likeness (QED) is 0.738. The molecule has 1 saturated heterocycles. The Morgan fingerprint density at radius 3 is 2.77 bits per heavy atom. The lowest BCUT2D eigenvalue weighted by Crippen LogP contribution is -2.42. The number of carbonyl (C=O) groups excluding carboxylic acids is 1. The minimum atomic E-state index is -0.814. The van der Waals surface area contributed by atoms with Crippen LogP contribution in [0.4, 0.5) is 0 Å². The fraction of sp³-hybridized carbons (Fsp3) is 0.526. The van der Waals surface area contributed by atoms with Gasteiger partial charge in [-0.25, -0.2) is 4.98 Å². The number of pyridine rings is 1. The molecule has 1 aliphatic rings. The molecule has 2 aromatic rings. The van der Waals surface area contributed by atoms with Gasteiger partial charge in [-0.1, -0.05) is 0 Å². The first-order valence-electron chi connectivity index (χ1n) is 9.06. The monoisotopic (exact) mass is 359 g/mol. The van der Waals surface area contributed by atoms with E-state index in [-0.39, 0.29) is 12.2 Å². The van der Waals surface area contributed by atoms with Crippen LogP contribution in [0.15, 0.2) is 18.3 Å². The third-order valence-electron chi connectivity index (χ3n) is 5.20. The Morgan fingerprint density at radius 1 is 1.38 bits per heavy atom. The number of nitrogens with zero attached hydrogens (tertiary/aromatic N) is 2. The third-order valence-corrected chi connectivity index (χ3v) is 5.20. The highest BCUT2D eigenvalue weighted by Gasteiger charge is 2.40. The zero-order valence-electron chi connectivity index (χ0n) is 15.2. The van der Waals surface area contributed by atoms with Gasteiger partial charge in [0.1, 0.15) is 5.69 Å². The Balaban J connectivity index is 1.85.